The molecular formula is C19H26N2O3. The first-order valence-corrected chi connectivity index (χ1v) is 8.89. The average molecular weight is 330 g/mol. The molecule has 0 radical (unpaired) electrons. The predicted molar refractivity (Wildman–Crippen MR) is 91.6 cm³/mol. The van der Waals surface area contributed by atoms with Gasteiger partial charge >= 0.3 is 0 Å². The van der Waals surface area contributed by atoms with E-state index in [1.54, 1.807) is 0 Å². The number of benzene rings is 1. The Bertz CT molecular complexity index is 575. The molecular weight excluding hydrogens is 304 g/mol. The Balaban J connectivity index is 1.42. The monoisotopic (exact) mass is 330 g/mol. The van der Waals surface area contributed by atoms with Gasteiger partial charge in [-0.2, -0.15) is 0 Å². The Morgan fingerprint density at radius 3 is 2.75 bits per heavy atom. The highest BCUT2D eigenvalue weighted by Crippen LogP contribution is 2.30. The number of nitrogens with zero attached hydrogens (tertiary/aromatic N) is 1. The first kappa shape index (κ1) is 16.8. The largest absolute Gasteiger partial charge is 0.493 e. The molecule has 1 saturated carbocycles. The number of ether oxygens (including phenoxy) is 1. The van der Waals surface area contributed by atoms with Crippen LogP contribution in [-0.2, 0) is 9.59 Å². The minimum Gasteiger partial charge on any atom is -0.493 e. The van der Waals surface area contributed by atoms with Crippen molar-refractivity contribution in [1.82, 2.24) is 10.2 Å². The highest BCUT2D eigenvalue weighted by atomic mass is 16.5. The molecule has 5 heteroatoms. The molecule has 0 bridgehead atoms. The molecule has 2 fully saturated rings. The first-order chi connectivity index (χ1) is 11.6. The van der Waals surface area contributed by atoms with E-state index < -0.39 is 0 Å². The number of rotatable bonds is 6. The fraction of sp³-hybridized carbons (Fsp3) is 0.579. The van der Waals surface area contributed by atoms with Gasteiger partial charge in [-0.1, -0.05) is 25.1 Å². The molecule has 1 aliphatic heterocycles. The number of hydrogen-bond acceptors (Lipinski definition) is 3. The van der Waals surface area contributed by atoms with Crippen LogP contribution in [0.2, 0.25) is 0 Å². The number of carbonyl (C=O) groups excluding carboxylic acids is 2. The van der Waals surface area contributed by atoms with E-state index in [1.807, 2.05) is 35.2 Å². The van der Waals surface area contributed by atoms with Crippen LogP contribution in [-0.4, -0.2) is 42.5 Å². The molecule has 3 atom stereocenters. The Morgan fingerprint density at radius 1 is 1.29 bits per heavy atom. The van der Waals surface area contributed by atoms with Crippen LogP contribution in [0.15, 0.2) is 30.3 Å². The first-order valence-electron chi connectivity index (χ1n) is 8.89. The molecule has 2 amide bonds. The summed E-state index contributed by atoms with van der Waals surface area (Å²) in [5.41, 5.74) is 0. The van der Waals surface area contributed by atoms with E-state index in [0.717, 1.165) is 31.6 Å². The van der Waals surface area contributed by atoms with E-state index in [0.29, 0.717) is 31.5 Å². The van der Waals surface area contributed by atoms with Gasteiger partial charge in [-0.05, 0) is 37.3 Å². The lowest BCUT2D eigenvalue weighted by Gasteiger charge is -2.32. The van der Waals surface area contributed by atoms with Gasteiger partial charge in [0.1, 0.15) is 5.75 Å². The lowest BCUT2D eigenvalue weighted by Crippen LogP contribution is -2.46. The number of piperidine rings is 1. The topological polar surface area (TPSA) is 58.6 Å². The molecule has 1 N–H and O–H groups in total. The zero-order valence-electron chi connectivity index (χ0n) is 14.2. The second-order valence-electron chi connectivity index (χ2n) is 6.92. The molecule has 1 aliphatic carbocycles. The summed E-state index contributed by atoms with van der Waals surface area (Å²) in [5, 5.41) is 3.10. The van der Waals surface area contributed by atoms with Crippen LogP contribution >= 0.6 is 0 Å². The molecule has 5 nitrogen and oxygen atoms in total. The zero-order valence-corrected chi connectivity index (χ0v) is 14.2. The summed E-state index contributed by atoms with van der Waals surface area (Å²) >= 11 is 0. The fourth-order valence-electron chi connectivity index (χ4n) is 3.17. The Morgan fingerprint density at radius 2 is 2.04 bits per heavy atom. The van der Waals surface area contributed by atoms with E-state index in [4.69, 9.17) is 4.74 Å². The molecule has 1 heterocycles. The SMILES string of the molecule is CC1CC1NC(=O)C1CCCN(C(=O)CCOc2ccccc2)C1. The van der Waals surface area contributed by atoms with E-state index >= 15 is 0 Å². The highest BCUT2D eigenvalue weighted by Gasteiger charge is 2.36. The summed E-state index contributed by atoms with van der Waals surface area (Å²) in [4.78, 5) is 26.5. The standard InChI is InChI=1S/C19H26N2O3/c1-14-12-17(14)20-19(23)15-6-5-10-21(13-15)18(22)9-11-24-16-7-3-2-4-8-16/h2-4,7-8,14-15,17H,5-6,9-13H2,1H3,(H,20,23). The second kappa shape index (κ2) is 7.69. The van der Waals surface area contributed by atoms with Gasteiger partial charge in [0.15, 0.2) is 0 Å². The maximum Gasteiger partial charge on any atom is 0.226 e. The summed E-state index contributed by atoms with van der Waals surface area (Å²) in [7, 11) is 0. The summed E-state index contributed by atoms with van der Waals surface area (Å²) in [6.45, 7) is 3.80. The van der Waals surface area contributed by atoms with Gasteiger partial charge in [0.2, 0.25) is 11.8 Å². The normalized spacial score (nSPS) is 25.9. The van der Waals surface area contributed by atoms with Gasteiger partial charge in [-0.25, -0.2) is 0 Å². The minimum atomic E-state index is -0.0643. The van der Waals surface area contributed by atoms with Crippen molar-refractivity contribution in [1.29, 1.82) is 0 Å². The molecule has 2 aliphatic rings. The van der Waals surface area contributed by atoms with Crippen molar-refractivity contribution in [3.63, 3.8) is 0 Å². The second-order valence-corrected chi connectivity index (χ2v) is 6.92. The van der Waals surface area contributed by atoms with Crippen LogP contribution in [0.5, 0.6) is 5.75 Å². The smallest absolute Gasteiger partial charge is 0.226 e. The third kappa shape index (κ3) is 4.49. The maximum atomic E-state index is 12.4. The zero-order chi connectivity index (χ0) is 16.9. The molecule has 1 saturated heterocycles. The van der Waals surface area contributed by atoms with Gasteiger partial charge in [0, 0.05) is 19.1 Å². The lowest BCUT2D eigenvalue weighted by atomic mass is 9.97. The quantitative estimate of drug-likeness (QED) is 0.870. The fourth-order valence-corrected chi connectivity index (χ4v) is 3.17. The molecule has 0 aromatic heterocycles. The molecule has 0 spiro atoms. The lowest BCUT2D eigenvalue weighted by molar-refractivity contribution is -0.136. The van der Waals surface area contributed by atoms with Crippen molar-refractivity contribution in [3.05, 3.63) is 30.3 Å². The van der Waals surface area contributed by atoms with Crippen LogP contribution in [0.1, 0.15) is 32.6 Å². The Kier molecular flexibility index (Phi) is 5.38. The van der Waals surface area contributed by atoms with E-state index in [2.05, 4.69) is 12.2 Å². The van der Waals surface area contributed by atoms with Crippen molar-refractivity contribution >= 4 is 11.8 Å². The molecule has 1 aromatic carbocycles. The van der Waals surface area contributed by atoms with E-state index in [-0.39, 0.29) is 17.7 Å². The van der Waals surface area contributed by atoms with Gasteiger partial charge in [-0.15, -0.1) is 0 Å². The van der Waals surface area contributed by atoms with Crippen LogP contribution in [0.4, 0.5) is 0 Å². The molecule has 3 unspecified atom stereocenters. The molecule has 130 valence electrons. The van der Waals surface area contributed by atoms with E-state index in [1.165, 1.54) is 0 Å². The van der Waals surface area contributed by atoms with E-state index in [9.17, 15) is 9.59 Å². The average Bonchev–Trinajstić information content (AvgIpc) is 3.30. The van der Waals surface area contributed by atoms with Crippen LogP contribution in [0, 0.1) is 11.8 Å². The van der Waals surface area contributed by atoms with Gasteiger partial charge < -0.3 is 15.0 Å². The number of likely N-dealkylation sites (tertiary alicyclic amines) is 1. The maximum absolute atomic E-state index is 12.4. The molecule has 24 heavy (non-hydrogen) atoms. The molecule has 1 aromatic rings. The highest BCUT2D eigenvalue weighted by molar-refractivity contribution is 5.81. The number of amides is 2. The van der Waals surface area contributed by atoms with Crippen molar-refractivity contribution in [2.75, 3.05) is 19.7 Å². The minimum absolute atomic E-state index is 0.0643. The van der Waals surface area contributed by atoms with Gasteiger partial charge in [0.25, 0.3) is 0 Å². The summed E-state index contributed by atoms with van der Waals surface area (Å²) in [6.07, 6.45) is 3.20. The number of hydrogen-bond donors (Lipinski definition) is 1. The molecule has 3 rings (SSSR count). The predicted octanol–water partition coefficient (Wildman–Crippen LogP) is 2.22. The van der Waals surface area contributed by atoms with Gasteiger partial charge in [0.05, 0.1) is 18.9 Å². The van der Waals surface area contributed by atoms with Crippen LogP contribution < -0.4 is 10.1 Å². The third-order valence-corrected chi connectivity index (χ3v) is 4.91. The summed E-state index contributed by atoms with van der Waals surface area (Å²) in [6, 6.07) is 9.86. The van der Waals surface area contributed by atoms with Crippen molar-refractivity contribution < 1.29 is 14.3 Å². The van der Waals surface area contributed by atoms with Gasteiger partial charge in [-0.3, -0.25) is 9.59 Å². The third-order valence-electron chi connectivity index (χ3n) is 4.91. The number of carbonyl (C=O) groups is 2. The Hall–Kier alpha value is -2.04. The number of nitrogens with one attached hydrogen (secondary N) is 1. The van der Waals surface area contributed by atoms with Crippen molar-refractivity contribution in [2.24, 2.45) is 11.8 Å². The summed E-state index contributed by atoms with van der Waals surface area (Å²) < 4.78 is 5.59. The summed E-state index contributed by atoms with van der Waals surface area (Å²) in [5.74, 6) is 1.50. The Labute approximate surface area is 143 Å². The van der Waals surface area contributed by atoms with Crippen LogP contribution in [0.3, 0.4) is 0 Å². The van der Waals surface area contributed by atoms with Crippen LogP contribution in [0.25, 0.3) is 0 Å². The van der Waals surface area contributed by atoms with Crippen molar-refractivity contribution in [2.45, 2.75) is 38.6 Å². The number of para-hydroxylation sites is 1. The van der Waals surface area contributed by atoms with Crippen molar-refractivity contribution in [3.8, 4) is 5.75 Å².